The van der Waals surface area contributed by atoms with E-state index in [2.05, 4.69) is 45.4 Å². The van der Waals surface area contributed by atoms with E-state index >= 15 is 0 Å². The first-order valence-electron chi connectivity index (χ1n) is 9.76. The molecule has 146 valence electrons. The lowest BCUT2D eigenvalue weighted by Crippen LogP contribution is -2.47. The summed E-state index contributed by atoms with van der Waals surface area (Å²) in [6.45, 7) is 5.92. The molecular formula is C23H26FN3O. The van der Waals surface area contributed by atoms with Crippen molar-refractivity contribution in [2.45, 2.75) is 0 Å². The van der Waals surface area contributed by atoms with Crippen molar-refractivity contribution in [1.82, 2.24) is 4.90 Å². The van der Waals surface area contributed by atoms with Gasteiger partial charge in [-0.1, -0.05) is 18.2 Å². The normalized spacial score (nSPS) is 15.0. The van der Waals surface area contributed by atoms with Crippen LogP contribution in [-0.2, 0) is 0 Å². The second kappa shape index (κ2) is 8.48. The van der Waals surface area contributed by atoms with Gasteiger partial charge in [0.05, 0.1) is 7.11 Å². The number of ether oxygens (including phenoxy) is 1. The fraction of sp³-hybridized carbons (Fsp3) is 0.304. The molecule has 0 amide bonds. The van der Waals surface area contributed by atoms with E-state index in [1.54, 1.807) is 19.2 Å². The smallest absolute Gasteiger partial charge is 0.123 e. The molecule has 0 radical (unpaired) electrons. The third-order valence-electron chi connectivity index (χ3n) is 5.38. The zero-order valence-electron chi connectivity index (χ0n) is 16.2. The van der Waals surface area contributed by atoms with Gasteiger partial charge in [0.2, 0.25) is 0 Å². The molecule has 1 aliphatic rings. The first kappa shape index (κ1) is 18.6. The first-order chi connectivity index (χ1) is 13.7. The Morgan fingerprint density at radius 2 is 1.75 bits per heavy atom. The molecule has 5 heteroatoms. The molecular weight excluding hydrogens is 353 g/mol. The summed E-state index contributed by atoms with van der Waals surface area (Å²) in [5.74, 6) is 0.693. The number of rotatable bonds is 6. The van der Waals surface area contributed by atoms with Crippen LogP contribution in [0, 0.1) is 5.82 Å². The average molecular weight is 379 g/mol. The number of hydrogen-bond acceptors (Lipinski definition) is 4. The minimum Gasteiger partial charge on any atom is -0.497 e. The Balaban J connectivity index is 1.34. The Bertz CT molecular complexity index is 921. The summed E-state index contributed by atoms with van der Waals surface area (Å²) < 4.78 is 18.4. The van der Waals surface area contributed by atoms with E-state index in [-0.39, 0.29) is 5.82 Å². The maximum Gasteiger partial charge on any atom is 0.123 e. The maximum absolute atomic E-state index is 13.0. The van der Waals surface area contributed by atoms with Crippen molar-refractivity contribution in [3.8, 4) is 5.75 Å². The molecule has 0 saturated carbocycles. The van der Waals surface area contributed by atoms with Crippen LogP contribution in [0.4, 0.5) is 15.8 Å². The van der Waals surface area contributed by atoms with Gasteiger partial charge in [0.25, 0.3) is 0 Å². The van der Waals surface area contributed by atoms with Crippen LogP contribution in [-0.4, -0.2) is 51.3 Å². The van der Waals surface area contributed by atoms with Gasteiger partial charge in [-0.3, -0.25) is 4.90 Å². The van der Waals surface area contributed by atoms with Crippen molar-refractivity contribution < 1.29 is 9.13 Å². The summed E-state index contributed by atoms with van der Waals surface area (Å²) in [5, 5.41) is 5.85. The summed E-state index contributed by atoms with van der Waals surface area (Å²) in [6, 6.07) is 19.3. The summed E-state index contributed by atoms with van der Waals surface area (Å²) in [6.07, 6.45) is 0. The highest BCUT2D eigenvalue weighted by Gasteiger charge is 2.18. The highest BCUT2D eigenvalue weighted by atomic mass is 19.1. The third kappa shape index (κ3) is 4.20. The Kier molecular flexibility index (Phi) is 5.63. The Morgan fingerprint density at radius 1 is 0.964 bits per heavy atom. The van der Waals surface area contributed by atoms with Crippen LogP contribution in [0.15, 0.2) is 60.7 Å². The molecule has 3 aromatic rings. The van der Waals surface area contributed by atoms with Crippen molar-refractivity contribution >= 4 is 22.1 Å². The lowest BCUT2D eigenvalue weighted by atomic mass is 10.1. The molecule has 0 unspecified atom stereocenters. The summed E-state index contributed by atoms with van der Waals surface area (Å²) in [5.41, 5.74) is 2.24. The van der Waals surface area contributed by atoms with Crippen molar-refractivity contribution in [2.75, 3.05) is 56.6 Å². The van der Waals surface area contributed by atoms with Gasteiger partial charge in [-0.15, -0.1) is 0 Å². The number of fused-ring (bicyclic) bond motifs is 1. The van der Waals surface area contributed by atoms with Gasteiger partial charge in [-0.05, 0) is 47.9 Å². The van der Waals surface area contributed by atoms with E-state index in [0.29, 0.717) is 0 Å². The van der Waals surface area contributed by atoms with Crippen molar-refractivity contribution in [3.05, 3.63) is 66.5 Å². The standard InChI is InChI=1S/C23H26FN3O/c1-28-21-10-5-18-3-2-4-23(22(18)17-21)27-15-13-26(14-16-27)12-11-25-20-8-6-19(24)7-9-20/h2-10,17,25H,11-16H2,1H3. The minimum atomic E-state index is -0.201. The molecule has 1 fully saturated rings. The number of halogens is 1. The number of anilines is 2. The second-order valence-corrected chi connectivity index (χ2v) is 7.13. The molecule has 0 aromatic heterocycles. The van der Waals surface area contributed by atoms with E-state index in [1.807, 2.05) is 6.07 Å². The van der Waals surface area contributed by atoms with Gasteiger partial charge in [0, 0.05) is 56.0 Å². The number of benzene rings is 3. The van der Waals surface area contributed by atoms with Crippen LogP contribution < -0.4 is 15.0 Å². The average Bonchev–Trinajstić information content (AvgIpc) is 2.75. The fourth-order valence-corrected chi connectivity index (χ4v) is 3.78. The number of piperazine rings is 1. The molecule has 4 rings (SSSR count). The molecule has 3 aromatic carbocycles. The molecule has 1 heterocycles. The number of nitrogens with zero attached hydrogens (tertiary/aromatic N) is 2. The molecule has 0 aliphatic carbocycles. The van der Waals surface area contributed by atoms with E-state index in [4.69, 9.17) is 4.74 Å². The van der Waals surface area contributed by atoms with Crippen LogP contribution in [0.2, 0.25) is 0 Å². The van der Waals surface area contributed by atoms with Crippen LogP contribution in [0.5, 0.6) is 5.75 Å². The molecule has 28 heavy (non-hydrogen) atoms. The van der Waals surface area contributed by atoms with Gasteiger partial charge < -0.3 is 15.0 Å². The molecule has 0 bridgehead atoms. The topological polar surface area (TPSA) is 27.7 Å². The van der Waals surface area contributed by atoms with Gasteiger partial charge in [0.15, 0.2) is 0 Å². The molecule has 1 aliphatic heterocycles. The molecule has 0 spiro atoms. The summed E-state index contributed by atoms with van der Waals surface area (Å²) in [7, 11) is 1.71. The highest BCUT2D eigenvalue weighted by molar-refractivity contribution is 5.95. The lowest BCUT2D eigenvalue weighted by Gasteiger charge is -2.36. The second-order valence-electron chi connectivity index (χ2n) is 7.13. The van der Waals surface area contributed by atoms with E-state index in [1.165, 1.54) is 28.6 Å². The number of nitrogens with one attached hydrogen (secondary N) is 1. The monoisotopic (exact) mass is 379 g/mol. The number of hydrogen-bond donors (Lipinski definition) is 1. The van der Waals surface area contributed by atoms with Gasteiger partial charge >= 0.3 is 0 Å². The van der Waals surface area contributed by atoms with Gasteiger partial charge in [0.1, 0.15) is 11.6 Å². The van der Waals surface area contributed by atoms with Crippen LogP contribution in [0.25, 0.3) is 10.8 Å². The van der Waals surface area contributed by atoms with Gasteiger partial charge in [-0.25, -0.2) is 4.39 Å². The quantitative estimate of drug-likeness (QED) is 0.694. The van der Waals surface area contributed by atoms with Crippen molar-refractivity contribution in [3.63, 3.8) is 0 Å². The fourth-order valence-electron chi connectivity index (χ4n) is 3.78. The predicted octanol–water partition coefficient (Wildman–Crippen LogP) is 4.22. The van der Waals surface area contributed by atoms with Crippen LogP contribution >= 0.6 is 0 Å². The molecule has 4 nitrogen and oxygen atoms in total. The Labute approximate surface area is 165 Å². The van der Waals surface area contributed by atoms with E-state index in [9.17, 15) is 4.39 Å². The Morgan fingerprint density at radius 3 is 2.50 bits per heavy atom. The lowest BCUT2D eigenvalue weighted by molar-refractivity contribution is 0.267. The predicted molar refractivity (Wildman–Crippen MR) is 114 cm³/mol. The van der Waals surface area contributed by atoms with Gasteiger partial charge in [-0.2, -0.15) is 0 Å². The first-order valence-corrected chi connectivity index (χ1v) is 9.76. The largest absolute Gasteiger partial charge is 0.497 e. The summed E-state index contributed by atoms with van der Waals surface area (Å²) >= 11 is 0. The van der Waals surface area contributed by atoms with Crippen molar-refractivity contribution in [2.24, 2.45) is 0 Å². The maximum atomic E-state index is 13.0. The SMILES string of the molecule is COc1ccc2cccc(N3CCN(CCNc4ccc(F)cc4)CC3)c2c1. The molecule has 1 N–H and O–H groups in total. The van der Waals surface area contributed by atoms with Crippen molar-refractivity contribution in [1.29, 1.82) is 0 Å². The summed E-state index contributed by atoms with van der Waals surface area (Å²) in [4.78, 5) is 4.93. The minimum absolute atomic E-state index is 0.201. The molecule has 1 saturated heterocycles. The highest BCUT2D eigenvalue weighted by Crippen LogP contribution is 2.30. The zero-order chi connectivity index (χ0) is 19.3. The number of methoxy groups -OCH3 is 1. The Hall–Kier alpha value is -2.79. The van der Waals surface area contributed by atoms with Crippen LogP contribution in [0.1, 0.15) is 0 Å². The third-order valence-corrected chi connectivity index (χ3v) is 5.38. The van der Waals surface area contributed by atoms with E-state index < -0.39 is 0 Å². The van der Waals surface area contributed by atoms with E-state index in [0.717, 1.165) is 50.7 Å². The molecule has 0 atom stereocenters. The van der Waals surface area contributed by atoms with Crippen LogP contribution in [0.3, 0.4) is 0 Å². The zero-order valence-corrected chi connectivity index (χ0v) is 16.2.